The van der Waals surface area contributed by atoms with Gasteiger partial charge in [-0.05, 0) is 112 Å². The average molecular weight is 761 g/mol. The molecular formula is C58H36N2. The molecule has 60 heavy (non-hydrogen) atoms. The van der Waals surface area contributed by atoms with E-state index in [0.717, 1.165) is 21.8 Å². The van der Waals surface area contributed by atoms with Gasteiger partial charge in [0.25, 0.3) is 0 Å². The highest BCUT2D eigenvalue weighted by Gasteiger charge is 2.20. The Labute approximate surface area is 347 Å². The lowest BCUT2D eigenvalue weighted by molar-refractivity contribution is 1.42. The van der Waals surface area contributed by atoms with Crippen molar-refractivity contribution in [3.05, 3.63) is 219 Å². The zero-order valence-electron chi connectivity index (χ0n) is 32.7. The van der Waals surface area contributed by atoms with E-state index < -0.39 is 0 Å². The van der Waals surface area contributed by atoms with Crippen molar-refractivity contribution in [2.24, 2.45) is 0 Å². The highest BCUT2D eigenvalue weighted by molar-refractivity contribution is 6.22. The van der Waals surface area contributed by atoms with Crippen molar-refractivity contribution in [2.45, 2.75) is 0 Å². The maximum atomic E-state index is 5.04. The first kappa shape index (κ1) is 34.1. The fourth-order valence-electron chi connectivity index (χ4n) is 9.55. The van der Waals surface area contributed by atoms with Crippen molar-refractivity contribution >= 4 is 64.9 Å². The van der Waals surface area contributed by atoms with E-state index in [1.54, 1.807) is 0 Å². The van der Waals surface area contributed by atoms with Crippen LogP contribution in [0, 0.1) is 0 Å². The smallest absolute Gasteiger partial charge is 0.0792 e. The molecule has 0 saturated carbocycles. The molecule has 0 N–H and O–H groups in total. The summed E-state index contributed by atoms with van der Waals surface area (Å²) < 4.78 is 0. The van der Waals surface area contributed by atoms with Crippen LogP contribution in [0.3, 0.4) is 0 Å². The predicted octanol–water partition coefficient (Wildman–Crippen LogP) is 15.7. The molecule has 0 fully saturated rings. The summed E-state index contributed by atoms with van der Waals surface area (Å²) in [4.78, 5) is 10.1. The lowest BCUT2D eigenvalue weighted by atomic mass is 9.86. The fraction of sp³-hybridized carbons (Fsp3) is 0. The first-order valence-corrected chi connectivity index (χ1v) is 20.6. The second kappa shape index (κ2) is 13.9. The molecule has 2 nitrogen and oxygen atoms in total. The van der Waals surface area contributed by atoms with Crippen LogP contribution in [0.25, 0.3) is 121 Å². The van der Waals surface area contributed by atoms with Crippen LogP contribution < -0.4 is 0 Å². The quantitative estimate of drug-likeness (QED) is 0.163. The molecule has 278 valence electrons. The second-order valence-electron chi connectivity index (χ2n) is 15.7. The minimum Gasteiger partial charge on any atom is -0.256 e. The fourth-order valence-corrected chi connectivity index (χ4v) is 9.55. The maximum Gasteiger partial charge on any atom is 0.0792 e. The summed E-state index contributed by atoms with van der Waals surface area (Å²) in [7, 11) is 0. The molecule has 0 unspecified atom stereocenters. The topological polar surface area (TPSA) is 25.8 Å². The Kier molecular flexibility index (Phi) is 7.89. The van der Waals surface area contributed by atoms with E-state index in [4.69, 9.17) is 9.97 Å². The number of nitrogens with zero attached hydrogens (tertiary/aromatic N) is 2. The average Bonchev–Trinajstić information content (AvgIpc) is 3.32. The number of hydrogen-bond acceptors (Lipinski definition) is 2. The molecule has 2 aromatic heterocycles. The maximum absolute atomic E-state index is 5.04. The molecule has 0 amide bonds. The van der Waals surface area contributed by atoms with Gasteiger partial charge in [0.15, 0.2) is 0 Å². The molecule has 0 aliphatic heterocycles. The van der Waals surface area contributed by atoms with Crippen molar-refractivity contribution in [3.63, 3.8) is 0 Å². The van der Waals surface area contributed by atoms with E-state index in [0.29, 0.717) is 0 Å². The van der Waals surface area contributed by atoms with Gasteiger partial charge in [0.1, 0.15) is 0 Å². The Balaban J connectivity index is 0.946. The van der Waals surface area contributed by atoms with Crippen molar-refractivity contribution < 1.29 is 0 Å². The molecule has 0 bridgehead atoms. The zero-order valence-corrected chi connectivity index (χ0v) is 32.7. The van der Waals surface area contributed by atoms with Crippen LogP contribution in [0.5, 0.6) is 0 Å². The Bertz CT molecular complexity index is 3280. The van der Waals surface area contributed by atoms with Crippen LogP contribution in [0.15, 0.2) is 219 Å². The normalized spacial score (nSPS) is 11.7. The van der Waals surface area contributed by atoms with Crippen LogP contribution in [0.2, 0.25) is 0 Å². The van der Waals surface area contributed by atoms with Crippen LogP contribution in [0.1, 0.15) is 0 Å². The number of benzene rings is 10. The molecular weight excluding hydrogens is 725 g/mol. The molecule has 0 radical (unpaired) electrons. The van der Waals surface area contributed by atoms with Crippen LogP contribution >= 0.6 is 0 Å². The van der Waals surface area contributed by atoms with E-state index in [1.807, 2.05) is 12.4 Å². The number of fused-ring (bicyclic) bond motifs is 6. The van der Waals surface area contributed by atoms with Gasteiger partial charge in [-0.1, -0.05) is 182 Å². The molecule has 0 spiro atoms. The van der Waals surface area contributed by atoms with Gasteiger partial charge in [-0.15, -0.1) is 0 Å². The molecule has 2 heteroatoms. The molecule has 12 aromatic rings. The minimum absolute atomic E-state index is 1.02. The first-order chi connectivity index (χ1) is 29.8. The molecule has 0 aliphatic carbocycles. The van der Waals surface area contributed by atoms with Gasteiger partial charge >= 0.3 is 0 Å². The van der Waals surface area contributed by atoms with Crippen molar-refractivity contribution in [1.82, 2.24) is 9.97 Å². The van der Waals surface area contributed by atoms with Gasteiger partial charge in [0, 0.05) is 34.3 Å². The Morgan fingerprint density at radius 3 is 0.950 bits per heavy atom. The third-order valence-electron chi connectivity index (χ3n) is 12.3. The summed E-state index contributed by atoms with van der Waals surface area (Å²) in [6, 6.07) is 74.8. The van der Waals surface area contributed by atoms with E-state index in [-0.39, 0.29) is 0 Å². The van der Waals surface area contributed by atoms with Gasteiger partial charge in [0.05, 0.1) is 11.0 Å². The minimum atomic E-state index is 1.02. The third-order valence-corrected chi connectivity index (χ3v) is 12.3. The highest BCUT2D eigenvalue weighted by atomic mass is 14.7. The van der Waals surface area contributed by atoms with Gasteiger partial charge in [-0.3, -0.25) is 9.97 Å². The van der Waals surface area contributed by atoms with E-state index in [2.05, 4.69) is 206 Å². The number of pyridine rings is 2. The summed E-state index contributed by atoms with van der Waals surface area (Å²) in [5, 5.41) is 12.1. The van der Waals surface area contributed by atoms with Crippen LogP contribution in [-0.4, -0.2) is 9.97 Å². The van der Waals surface area contributed by atoms with E-state index in [9.17, 15) is 0 Å². The molecule has 12 rings (SSSR count). The predicted molar refractivity (Wildman–Crippen MR) is 254 cm³/mol. The van der Waals surface area contributed by atoms with Gasteiger partial charge in [-0.25, -0.2) is 0 Å². The molecule has 2 heterocycles. The Morgan fingerprint density at radius 2 is 0.533 bits per heavy atom. The molecule has 0 saturated heterocycles. The Morgan fingerprint density at radius 1 is 0.217 bits per heavy atom. The summed E-state index contributed by atoms with van der Waals surface area (Å²) in [5.41, 5.74) is 13.8. The molecule has 10 aromatic carbocycles. The zero-order chi connectivity index (χ0) is 39.6. The largest absolute Gasteiger partial charge is 0.256 e. The summed E-state index contributed by atoms with van der Waals surface area (Å²) in [6.07, 6.45) is 3.83. The molecule has 0 atom stereocenters. The van der Waals surface area contributed by atoms with Crippen LogP contribution in [-0.2, 0) is 0 Å². The van der Waals surface area contributed by atoms with Crippen molar-refractivity contribution in [3.8, 4) is 55.6 Å². The first-order valence-electron chi connectivity index (χ1n) is 20.6. The summed E-state index contributed by atoms with van der Waals surface area (Å²) >= 11 is 0. The van der Waals surface area contributed by atoms with Gasteiger partial charge in [0.2, 0.25) is 0 Å². The van der Waals surface area contributed by atoms with E-state index >= 15 is 0 Å². The van der Waals surface area contributed by atoms with Crippen LogP contribution in [0.4, 0.5) is 0 Å². The summed E-state index contributed by atoms with van der Waals surface area (Å²) in [6.45, 7) is 0. The van der Waals surface area contributed by atoms with Crippen molar-refractivity contribution in [1.29, 1.82) is 0 Å². The second-order valence-corrected chi connectivity index (χ2v) is 15.7. The number of rotatable bonds is 5. The third kappa shape index (κ3) is 5.50. The standard InChI is InChI=1S/C58H36N2/c1-3-13-43-35-45(31-25-37(43)11-1)55-49-17-7-5-15-47(49)53(51-19-9-33-59-57(51)55)41-27-21-39(22-28-41)40-23-29-42(30-24-40)54-48-16-6-8-18-50(48)56(58-52(54)20-10-34-60-58)46-32-26-38-12-2-4-14-44(38)36-46/h1-36H. The number of aromatic nitrogens is 2. The van der Waals surface area contributed by atoms with Crippen molar-refractivity contribution in [2.75, 3.05) is 0 Å². The SMILES string of the molecule is c1ccc2cc(-c3c4ccccc4c(-c4ccc(-c5ccc(-c6c7ccccc7c(-c7ccc8ccccc8c7)c7ncccc67)cc5)cc4)c4cccnc34)ccc2c1. The number of hydrogen-bond donors (Lipinski definition) is 0. The highest BCUT2D eigenvalue weighted by Crippen LogP contribution is 2.45. The molecule has 0 aliphatic rings. The van der Waals surface area contributed by atoms with Gasteiger partial charge in [-0.2, -0.15) is 0 Å². The van der Waals surface area contributed by atoms with Gasteiger partial charge < -0.3 is 0 Å². The van der Waals surface area contributed by atoms with E-state index in [1.165, 1.54) is 98.7 Å². The monoisotopic (exact) mass is 760 g/mol. The Hall–Kier alpha value is -7.94. The lowest BCUT2D eigenvalue weighted by Crippen LogP contribution is -1.93. The lowest BCUT2D eigenvalue weighted by Gasteiger charge is -2.18. The summed E-state index contributed by atoms with van der Waals surface area (Å²) in [5.74, 6) is 0.